The van der Waals surface area contributed by atoms with Crippen LogP contribution < -0.4 is 9.62 Å². The number of carbonyl (C=O) groups is 2. The van der Waals surface area contributed by atoms with Crippen molar-refractivity contribution in [2.75, 3.05) is 16.2 Å². The van der Waals surface area contributed by atoms with Crippen LogP contribution in [0.15, 0.2) is 77.8 Å². The summed E-state index contributed by atoms with van der Waals surface area (Å²) in [6.07, 6.45) is 1.21. The number of sulfonamides is 1. The monoisotopic (exact) mass is 501 g/mol. The van der Waals surface area contributed by atoms with E-state index in [0.717, 1.165) is 4.31 Å². The van der Waals surface area contributed by atoms with E-state index in [4.69, 9.17) is 16.3 Å². The van der Waals surface area contributed by atoms with Crippen molar-refractivity contribution < 1.29 is 22.7 Å². The molecule has 1 amide bonds. The van der Waals surface area contributed by atoms with Crippen LogP contribution in [0, 0.1) is 0 Å². The predicted molar refractivity (Wildman–Crippen MR) is 130 cm³/mol. The second-order valence-electron chi connectivity index (χ2n) is 7.60. The average Bonchev–Trinajstić information content (AvgIpc) is 2.77. The number of aromatic nitrogens is 1. The van der Waals surface area contributed by atoms with Crippen molar-refractivity contribution >= 4 is 44.9 Å². The summed E-state index contributed by atoms with van der Waals surface area (Å²) in [6.45, 7) is 2.80. The molecule has 0 aliphatic carbocycles. The third kappa shape index (κ3) is 6.79. The molecule has 1 heterocycles. The van der Waals surface area contributed by atoms with Gasteiger partial charge in [0.1, 0.15) is 6.54 Å². The first-order valence-electron chi connectivity index (χ1n) is 10.4. The van der Waals surface area contributed by atoms with Gasteiger partial charge in [0.15, 0.2) is 0 Å². The van der Waals surface area contributed by atoms with Crippen molar-refractivity contribution in [1.82, 2.24) is 4.98 Å². The third-order valence-corrected chi connectivity index (χ3v) is 6.51. The quantitative estimate of drug-likeness (QED) is 0.443. The molecule has 178 valence electrons. The third-order valence-electron chi connectivity index (χ3n) is 4.51. The molecule has 0 aliphatic heterocycles. The van der Waals surface area contributed by atoms with Crippen LogP contribution in [-0.2, 0) is 30.8 Å². The molecule has 0 saturated carbocycles. The second-order valence-corrected chi connectivity index (χ2v) is 9.90. The Bertz CT molecular complexity index is 1270. The lowest BCUT2D eigenvalue weighted by Crippen LogP contribution is -2.37. The van der Waals surface area contributed by atoms with Gasteiger partial charge in [0, 0.05) is 22.6 Å². The molecule has 0 bridgehead atoms. The number of rotatable bonds is 9. The maximum atomic E-state index is 13.5. The van der Waals surface area contributed by atoms with Crippen molar-refractivity contribution in [2.45, 2.75) is 31.3 Å². The number of amides is 1. The number of nitrogens with one attached hydrogen (secondary N) is 1. The average molecular weight is 502 g/mol. The number of ether oxygens (including phenoxy) is 1. The topological polar surface area (TPSA) is 106 Å². The van der Waals surface area contributed by atoms with E-state index in [1.54, 1.807) is 56.4 Å². The van der Waals surface area contributed by atoms with Crippen LogP contribution in [0.1, 0.15) is 19.5 Å². The molecule has 0 spiro atoms. The van der Waals surface area contributed by atoms with Crippen molar-refractivity contribution in [1.29, 1.82) is 0 Å². The molecule has 0 atom stereocenters. The highest BCUT2D eigenvalue weighted by atomic mass is 35.5. The molecular formula is C24H24ClN3O5S. The van der Waals surface area contributed by atoms with Crippen molar-refractivity contribution in [2.24, 2.45) is 0 Å². The summed E-state index contributed by atoms with van der Waals surface area (Å²) in [6, 6.07) is 17.2. The molecule has 0 saturated heterocycles. The van der Waals surface area contributed by atoms with Gasteiger partial charge in [-0.15, -0.1) is 0 Å². The Hall–Kier alpha value is -3.43. The Morgan fingerprint density at radius 2 is 1.82 bits per heavy atom. The Morgan fingerprint density at radius 1 is 1.06 bits per heavy atom. The molecule has 0 aliphatic rings. The van der Waals surface area contributed by atoms with E-state index >= 15 is 0 Å². The SMILES string of the molecule is CC(C)OC(=O)CN(c1cccc(Cl)c1)S(=O)(=O)c1cccc(NC(=O)Cc2ccccn2)c1. The van der Waals surface area contributed by atoms with Crippen molar-refractivity contribution in [3.63, 3.8) is 0 Å². The minimum absolute atomic E-state index is 0.0352. The van der Waals surface area contributed by atoms with Gasteiger partial charge >= 0.3 is 5.97 Å². The highest BCUT2D eigenvalue weighted by Crippen LogP contribution is 2.27. The maximum absolute atomic E-state index is 13.5. The molecule has 0 fully saturated rings. The van der Waals surface area contributed by atoms with E-state index in [0.29, 0.717) is 10.7 Å². The van der Waals surface area contributed by atoms with Gasteiger partial charge in [-0.25, -0.2) is 8.42 Å². The first kappa shape index (κ1) is 25.2. The number of hydrogen-bond acceptors (Lipinski definition) is 6. The Kier molecular flexibility index (Phi) is 8.25. The molecule has 0 unspecified atom stereocenters. The van der Waals surface area contributed by atoms with Crippen LogP contribution in [-0.4, -0.2) is 37.9 Å². The van der Waals surface area contributed by atoms with Gasteiger partial charge in [0.25, 0.3) is 10.0 Å². The number of nitrogens with zero attached hydrogens (tertiary/aromatic N) is 2. The molecule has 1 N–H and O–H groups in total. The zero-order chi connectivity index (χ0) is 24.7. The summed E-state index contributed by atoms with van der Waals surface area (Å²) >= 11 is 6.06. The van der Waals surface area contributed by atoms with Crippen LogP contribution in [0.3, 0.4) is 0 Å². The van der Waals surface area contributed by atoms with Gasteiger partial charge in [-0.05, 0) is 62.4 Å². The number of hydrogen-bond donors (Lipinski definition) is 1. The molecule has 1 aromatic heterocycles. The molecule has 8 nitrogen and oxygen atoms in total. The fourth-order valence-corrected chi connectivity index (χ4v) is 4.73. The smallest absolute Gasteiger partial charge is 0.327 e. The lowest BCUT2D eigenvalue weighted by Gasteiger charge is -2.24. The van der Waals surface area contributed by atoms with Gasteiger partial charge < -0.3 is 10.1 Å². The van der Waals surface area contributed by atoms with E-state index in [-0.39, 0.29) is 28.6 Å². The predicted octanol–water partition coefficient (Wildman–Crippen LogP) is 4.06. The second kappa shape index (κ2) is 11.1. The van der Waals surface area contributed by atoms with Crippen LogP contribution in [0.5, 0.6) is 0 Å². The first-order valence-corrected chi connectivity index (χ1v) is 12.2. The van der Waals surface area contributed by atoms with Crippen LogP contribution in [0.4, 0.5) is 11.4 Å². The fraction of sp³-hybridized carbons (Fsp3) is 0.208. The molecule has 0 radical (unpaired) electrons. The van der Waals surface area contributed by atoms with Gasteiger partial charge in [0.05, 0.1) is 23.1 Å². The normalized spacial score (nSPS) is 11.2. The summed E-state index contributed by atoms with van der Waals surface area (Å²) in [5.74, 6) is -1.06. The summed E-state index contributed by atoms with van der Waals surface area (Å²) in [5, 5.41) is 2.99. The highest BCUT2D eigenvalue weighted by molar-refractivity contribution is 7.92. The number of halogens is 1. The molecule has 34 heavy (non-hydrogen) atoms. The van der Waals surface area contributed by atoms with E-state index in [1.165, 1.54) is 30.3 Å². The molecule has 2 aromatic carbocycles. The largest absolute Gasteiger partial charge is 0.462 e. The fourth-order valence-electron chi connectivity index (χ4n) is 3.10. The minimum Gasteiger partial charge on any atom is -0.462 e. The van der Waals surface area contributed by atoms with Crippen LogP contribution in [0.2, 0.25) is 5.02 Å². The molecular weight excluding hydrogens is 478 g/mol. The van der Waals surface area contributed by atoms with Gasteiger partial charge in [-0.2, -0.15) is 0 Å². The summed E-state index contributed by atoms with van der Waals surface area (Å²) in [7, 11) is -4.21. The molecule has 10 heteroatoms. The van der Waals surface area contributed by atoms with Crippen molar-refractivity contribution in [3.05, 3.63) is 83.6 Å². The van der Waals surface area contributed by atoms with Gasteiger partial charge in [-0.1, -0.05) is 29.8 Å². The van der Waals surface area contributed by atoms with Crippen LogP contribution in [0.25, 0.3) is 0 Å². The highest BCUT2D eigenvalue weighted by Gasteiger charge is 2.28. The summed E-state index contributed by atoms with van der Waals surface area (Å²) in [5.41, 5.74) is 1.08. The van der Waals surface area contributed by atoms with E-state index < -0.39 is 28.6 Å². The number of pyridine rings is 1. The van der Waals surface area contributed by atoms with E-state index in [9.17, 15) is 18.0 Å². The van der Waals surface area contributed by atoms with E-state index in [1.807, 2.05) is 0 Å². The number of esters is 1. The van der Waals surface area contributed by atoms with Crippen LogP contribution >= 0.6 is 11.6 Å². The number of carbonyl (C=O) groups excluding carboxylic acids is 2. The Balaban J connectivity index is 1.88. The Labute approximate surface area is 203 Å². The van der Waals surface area contributed by atoms with E-state index in [2.05, 4.69) is 10.3 Å². The zero-order valence-electron chi connectivity index (χ0n) is 18.6. The molecule has 3 aromatic rings. The van der Waals surface area contributed by atoms with Crippen molar-refractivity contribution in [3.8, 4) is 0 Å². The maximum Gasteiger partial charge on any atom is 0.327 e. The zero-order valence-corrected chi connectivity index (χ0v) is 20.2. The van der Waals surface area contributed by atoms with Gasteiger partial charge in [-0.3, -0.25) is 18.9 Å². The van der Waals surface area contributed by atoms with Gasteiger partial charge in [0.2, 0.25) is 5.91 Å². The summed E-state index contributed by atoms with van der Waals surface area (Å²) in [4.78, 5) is 28.8. The number of benzene rings is 2. The minimum atomic E-state index is -4.21. The lowest BCUT2D eigenvalue weighted by atomic mass is 10.2. The standard InChI is InChI=1S/C24H24ClN3O5S/c1-17(2)33-24(30)16-28(21-10-5-7-18(25)13-21)34(31,32)22-11-6-9-20(14-22)27-23(29)15-19-8-3-4-12-26-19/h3-14,17H,15-16H2,1-2H3,(H,27,29). The first-order chi connectivity index (χ1) is 16.1. The summed E-state index contributed by atoms with van der Waals surface area (Å²) < 4.78 is 33.2. The Morgan fingerprint density at radius 3 is 2.50 bits per heavy atom. The molecule has 3 rings (SSSR count). The lowest BCUT2D eigenvalue weighted by molar-refractivity contribution is -0.145. The number of anilines is 2.